The van der Waals surface area contributed by atoms with Crippen LogP contribution in [0.4, 0.5) is 18.0 Å². The monoisotopic (exact) mass is 461 g/mol. The molecule has 12 nitrogen and oxygen atoms in total. The molecule has 2 amide bonds. The van der Waals surface area contributed by atoms with E-state index in [1.807, 2.05) is 0 Å². The van der Waals surface area contributed by atoms with E-state index in [1.165, 1.54) is 0 Å². The number of carboxylic acids is 1. The number of carbonyl (C=O) groups excluding carboxylic acids is 2. The van der Waals surface area contributed by atoms with Crippen LogP contribution in [0.3, 0.4) is 0 Å². The van der Waals surface area contributed by atoms with Gasteiger partial charge in [0.25, 0.3) is 0 Å². The third kappa shape index (κ3) is 3.56. The fourth-order valence-corrected chi connectivity index (χ4v) is 3.87. The number of hydroxylamine groups is 2. The Balaban J connectivity index is 2.20. The molecule has 0 unspecified atom stereocenters. The molecule has 0 saturated carbocycles. The number of hydrogen-bond acceptors (Lipinski definition) is 9. The van der Waals surface area contributed by atoms with Crippen LogP contribution in [0.2, 0.25) is 0 Å². The van der Waals surface area contributed by atoms with Gasteiger partial charge in [0.05, 0.1) is 18.6 Å². The summed E-state index contributed by atoms with van der Waals surface area (Å²) in [7, 11) is -11.5. The second-order valence-electron chi connectivity index (χ2n) is 5.74. The highest BCUT2D eigenvalue weighted by Gasteiger charge is 2.53. The lowest BCUT2D eigenvalue weighted by Crippen LogP contribution is -2.44. The van der Waals surface area contributed by atoms with E-state index in [0.717, 1.165) is 18.2 Å². The number of carboxylic acid groups (broad SMARTS) is 1. The van der Waals surface area contributed by atoms with E-state index in [1.54, 1.807) is 0 Å². The third-order valence-electron chi connectivity index (χ3n) is 4.01. The average Bonchev–Trinajstić information content (AvgIpc) is 2.78. The van der Waals surface area contributed by atoms with Crippen molar-refractivity contribution in [2.45, 2.75) is 17.6 Å². The summed E-state index contributed by atoms with van der Waals surface area (Å²) in [5, 5.41) is 11.5. The second-order valence-corrected chi connectivity index (χ2v) is 8.28. The molecule has 29 heavy (non-hydrogen) atoms. The molecular weight excluding hydrogens is 453 g/mol. The van der Waals surface area contributed by atoms with Gasteiger partial charge in [-0.15, -0.1) is 4.28 Å². The van der Waals surface area contributed by atoms with Crippen molar-refractivity contribution in [1.29, 1.82) is 0 Å². The first kappa shape index (κ1) is 21.1. The van der Waals surface area contributed by atoms with Crippen molar-refractivity contribution in [2.24, 2.45) is 0 Å². The first-order chi connectivity index (χ1) is 13.1. The fourth-order valence-electron chi connectivity index (χ4n) is 3.02. The Labute approximate surface area is 160 Å². The molecular formula is C12H8F3N2O10S2-. The van der Waals surface area contributed by atoms with Gasteiger partial charge in [-0.2, -0.15) is 35.1 Å². The highest BCUT2D eigenvalue weighted by molar-refractivity contribution is 7.88. The maximum absolute atomic E-state index is 12.7. The van der Waals surface area contributed by atoms with Crippen molar-refractivity contribution in [3.8, 4) is 5.75 Å². The van der Waals surface area contributed by atoms with Crippen molar-refractivity contribution >= 4 is 32.5 Å². The Kier molecular flexibility index (Phi) is 4.68. The topological polar surface area (TPSA) is 171 Å². The molecule has 3 rings (SSSR count). The van der Waals surface area contributed by atoms with Gasteiger partial charge in [-0.25, -0.2) is 4.79 Å². The molecule has 160 valence electrons. The van der Waals surface area contributed by atoms with Gasteiger partial charge in [-0.1, -0.05) is 12.1 Å². The van der Waals surface area contributed by atoms with Gasteiger partial charge in [-0.05, 0) is 11.6 Å². The highest BCUT2D eigenvalue weighted by Crippen LogP contribution is 2.48. The number of benzene rings is 1. The predicted octanol–water partition coefficient (Wildman–Crippen LogP) is -0.767. The maximum atomic E-state index is 12.7. The molecule has 0 spiro atoms. The van der Waals surface area contributed by atoms with Gasteiger partial charge in [-0.3, -0.25) is 4.55 Å². The molecule has 2 aliphatic heterocycles. The van der Waals surface area contributed by atoms with Gasteiger partial charge in [0, 0.05) is 5.56 Å². The number of alkyl halides is 3. The molecule has 1 N–H and O–H groups in total. The van der Waals surface area contributed by atoms with Crippen molar-refractivity contribution in [3.63, 3.8) is 0 Å². The Morgan fingerprint density at radius 3 is 2.38 bits per heavy atom. The number of nitrogens with zero attached hydrogens (tertiary/aromatic N) is 2. The summed E-state index contributed by atoms with van der Waals surface area (Å²) in [4.78, 5) is 24.4. The number of aliphatic carboxylic acids is 1. The van der Waals surface area contributed by atoms with E-state index in [-0.39, 0.29) is 5.06 Å². The molecule has 1 fully saturated rings. The Bertz CT molecular complexity index is 1100. The van der Waals surface area contributed by atoms with Gasteiger partial charge in [0.1, 0.15) is 11.8 Å². The molecule has 2 aliphatic rings. The van der Waals surface area contributed by atoms with Crippen LogP contribution in [0, 0.1) is 0 Å². The summed E-state index contributed by atoms with van der Waals surface area (Å²) in [5.41, 5.74) is -6.81. The number of amides is 2. The first-order valence-electron chi connectivity index (χ1n) is 7.25. The number of carbonyl (C=O) groups is 2. The molecule has 0 aromatic heterocycles. The highest BCUT2D eigenvalue weighted by atomic mass is 32.3. The van der Waals surface area contributed by atoms with Crippen LogP contribution in [-0.2, 0) is 29.6 Å². The number of rotatable bonds is 5. The third-order valence-corrected chi connectivity index (χ3v) is 5.32. The minimum atomic E-state index is -6.19. The summed E-state index contributed by atoms with van der Waals surface area (Å²) < 4.78 is 99.8. The summed E-state index contributed by atoms with van der Waals surface area (Å²) >= 11 is 0. The molecule has 0 radical (unpaired) electrons. The largest absolute Gasteiger partial charge is 0.548 e. The molecule has 1 aromatic carbocycles. The van der Waals surface area contributed by atoms with Crippen LogP contribution in [0.25, 0.3) is 0 Å². The zero-order valence-corrected chi connectivity index (χ0v) is 15.2. The van der Waals surface area contributed by atoms with E-state index in [0.29, 0.717) is 4.90 Å². The van der Waals surface area contributed by atoms with Crippen LogP contribution in [0.5, 0.6) is 5.75 Å². The van der Waals surface area contributed by atoms with Crippen LogP contribution in [0.1, 0.15) is 23.2 Å². The molecule has 0 aliphatic carbocycles. The zero-order valence-electron chi connectivity index (χ0n) is 13.6. The standard InChI is InChI=1S/C12H9F3N2O10S2/c13-12(14,15)28(21,22)26-7-3-1-2-5-8(7)6-4-16(9(5)10(18)19)11(20)17(6)27-29(23,24)25/h1-3,6,9H,4H2,(H,18,19)(H,23,24,25)/p-1/t6-,9+/m0/s1. The minimum Gasteiger partial charge on any atom is -0.548 e. The molecule has 1 saturated heterocycles. The predicted molar refractivity (Wildman–Crippen MR) is 79.1 cm³/mol. The lowest BCUT2D eigenvalue weighted by Gasteiger charge is -2.34. The summed E-state index contributed by atoms with van der Waals surface area (Å²) in [6, 6.07) is -2.22. The van der Waals surface area contributed by atoms with Crippen LogP contribution in [0.15, 0.2) is 18.2 Å². The maximum Gasteiger partial charge on any atom is 0.534 e. The van der Waals surface area contributed by atoms with Gasteiger partial charge in [0.2, 0.25) is 0 Å². The summed E-state index contributed by atoms with van der Waals surface area (Å²) in [6.45, 7) is -0.646. The number of fused-ring (bicyclic) bond motifs is 4. The van der Waals surface area contributed by atoms with Crippen LogP contribution in [-0.4, -0.2) is 55.4 Å². The van der Waals surface area contributed by atoms with E-state index in [4.69, 9.17) is 4.55 Å². The van der Waals surface area contributed by atoms with E-state index < -0.39 is 73.5 Å². The normalized spacial score (nSPS) is 21.9. The fraction of sp³-hybridized carbons (Fsp3) is 0.333. The van der Waals surface area contributed by atoms with Crippen molar-refractivity contribution in [1.82, 2.24) is 9.96 Å². The Morgan fingerprint density at radius 2 is 1.86 bits per heavy atom. The first-order valence-corrected chi connectivity index (χ1v) is 10.0. The number of urea groups is 1. The Hall–Kier alpha value is -2.63. The van der Waals surface area contributed by atoms with Crippen molar-refractivity contribution in [2.75, 3.05) is 6.54 Å². The van der Waals surface area contributed by atoms with E-state index in [9.17, 15) is 44.7 Å². The van der Waals surface area contributed by atoms with Crippen molar-refractivity contribution in [3.05, 3.63) is 29.3 Å². The zero-order chi connectivity index (χ0) is 21.9. The molecule has 17 heteroatoms. The molecule has 1 aromatic rings. The van der Waals surface area contributed by atoms with E-state index in [2.05, 4.69) is 8.47 Å². The van der Waals surface area contributed by atoms with Gasteiger partial charge in [0.15, 0.2) is 0 Å². The number of hydrogen-bond donors (Lipinski definition) is 1. The molecule has 2 bridgehead atoms. The smallest absolute Gasteiger partial charge is 0.534 e. The van der Waals surface area contributed by atoms with Gasteiger partial charge >= 0.3 is 32.1 Å². The van der Waals surface area contributed by atoms with Crippen LogP contribution >= 0.6 is 0 Å². The lowest BCUT2D eigenvalue weighted by atomic mass is 9.90. The van der Waals surface area contributed by atoms with Crippen molar-refractivity contribution < 1.29 is 57.7 Å². The molecule has 2 atom stereocenters. The SMILES string of the molecule is O=C([O-])[C@H]1c2cccc(OS(=O)(=O)C(F)(F)F)c2[C@@H]2CN1C(=O)N2OS(=O)(=O)O. The average molecular weight is 461 g/mol. The minimum absolute atomic E-state index is 0.0236. The van der Waals surface area contributed by atoms with Crippen LogP contribution < -0.4 is 9.29 Å². The molecule has 2 heterocycles. The quantitative estimate of drug-likeness (QED) is 0.334. The lowest BCUT2D eigenvalue weighted by molar-refractivity contribution is -0.311. The Morgan fingerprint density at radius 1 is 1.24 bits per heavy atom. The van der Waals surface area contributed by atoms with Gasteiger partial charge < -0.3 is 19.0 Å². The summed E-state index contributed by atoms with van der Waals surface area (Å²) in [5.74, 6) is -2.92. The summed E-state index contributed by atoms with van der Waals surface area (Å²) in [6.07, 6.45) is 0. The number of halogens is 3. The van der Waals surface area contributed by atoms with E-state index >= 15 is 0 Å². The second kappa shape index (κ2) is 6.44.